The standard InChI is InChI=1S/C15H15ClFN/c1-2-18-10-11-4-3-5-12(8-11)14-7-6-13(17)9-15(14)16/h3-9,18H,2,10H2,1H3. The van der Waals surface area contributed by atoms with Gasteiger partial charge >= 0.3 is 0 Å². The molecule has 0 saturated carbocycles. The molecule has 0 amide bonds. The second-order valence-electron chi connectivity index (χ2n) is 4.10. The van der Waals surface area contributed by atoms with E-state index in [1.807, 2.05) is 12.1 Å². The molecule has 3 heteroatoms. The maximum absolute atomic E-state index is 13.0. The average molecular weight is 264 g/mol. The summed E-state index contributed by atoms with van der Waals surface area (Å²) in [5.41, 5.74) is 3.06. The van der Waals surface area contributed by atoms with Crippen LogP contribution in [0.1, 0.15) is 12.5 Å². The number of hydrogen-bond acceptors (Lipinski definition) is 1. The van der Waals surface area contributed by atoms with Gasteiger partial charge in [-0.15, -0.1) is 0 Å². The lowest BCUT2D eigenvalue weighted by atomic mass is 10.0. The van der Waals surface area contributed by atoms with Gasteiger partial charge in [0.2, 0.25) is 0 Å². The largest absolute Gasteiger partial charge is 0.313 e. The smallest absolute Gasteiger partial charge is 0.124 e. The number of nitrogens with one attached hydrogen (secondary N) is 1. The van der Waals surface area contributed by atoms with Crippen LogP contribution in [-0.4, -0.2) is 6.54 Å². The predicted molar refractivity (Wildman–Crippen MR) is 74.2 cm³/mol. The van der Waals surface area contributed by atoms with Gasteiger partial charge in [-0.3, -0.25) is 0 Å². The van der Waals surface area contributed by atoms with Crippen LogP contribution in [0.4, 0.5) is 4.39 Å². The van der Waals surface area contributed by atoms with Crippen molar-refractivity contribution in [3.8, 4) is 11.1 Å². The zero-order valence-corrected chi connectivity index (χ0v) is 11.0. The van der Waals surface area contributed by atoms with Crippen molar-refractivity contribution in [3.63, 3.8) is 0 Å². The van der Waals surface area contributed by atoms with Crippen molar-refractivity contribution in [1.82, 2.24) is 5.32 Å². The van der Waals surface area contributed by atoms with Crippen molar-refractivity contribution in [1.29, 1.82) is 0 Å². The van der Waals surface area contributed by atoms with E-state index in [0.717, 1.165) is 24.2 Å². The number of rotatable bonds is 4. The Morgan fingerprint density at radius 2 is 2.00 bits per heavy atom. The van der Waals surface area contributed by atoms with Gasteiger partial charge in [0.15, 0.2) is 0 Å². The summed E-state index contributed by atoms with van der Waals surface area (Å²) in [6, 6.07) is 12.6. The first-order valence-electron chi connectivity index (χ1n) is 5.96. The highest BCUT2D eigenvalue weighted by molar-refractivity contribution is 6.33. The molecule has 0 atom stereocenters. The molecule has 94 valence electrons. The average Bonchev–Trinajstić information content (AvgIpc) is 2.36. The molecule has 2 aromatic carbocycles. The molecule has 18 heavy (non-hydrogen) atoms. The zero-order chi connectivity index (χ0) is 13.0. The molecular formula is C15H15ClFN. The molecule has 0 aliphatic rings. The first-order valence-corrected chi connectivity index (χ1v) is 6.33. The lowest BCUT2D eigenvalue weighted by Crippen LogP contribution is -2.11. The van der Waals surface area contributed by atoms with Crippen molar-refractivity contribution >= 4 is 11.6 Å². The summed E-state index contributed by atoms with van der Waals surface area (Å²) in [7, 11) is 0. The van der Waals surface area contributed by atoms with Crippen LogP contribution in [0.3, 0.4) is 0 Å². The monoisotopic (exact) mass is 263 g/mol. The SMILES string of the molecule is CCNCc1cccc(-c2ccc(F)cc2Cl)c1. The van der Waals surface area contributed by atoms with Crippen LogP contribution in [0.25, 0.3) is 11.1 Å². The Morgan fingerprint density at radius 3 is 2.72 bits per heavy atom. The van der Waals surface area contributed by atoms with E-state index in [1.54, 1.807) is 6.07 Å². The van der Waals surface area contributed by atoms with Crippen LogP contribution < -0.4 is 5.32 Å². The van der Waals surface area contributed by atoms with Gasteiger partial charge in [-0.1, -0.05) is 36.7 Å². The summed E-state index contributed by atoms with van der Waals surface area (Å²) in [5, 5.41) is 3.71. The van der Waals surface area contributed by atoms with E-state index in [1.165, 1.54) is 17.7 Å². The molecule has 0 radical (unpaired) electrons. The lowest BCUT2D eigenvalue weighted by molar-refractivity contribution is 0.628. The van der Waals surface area contributed by atoms with Crippen LogP contribution in [0, 0.1) is 5.82 Å². The van der Waals surface area contributed by atoms with E-state index in [-0.39, 0.29) is 5.82 Å². The van der Waals surface area contributed by atoms with Gasteiger partial charge in [0, 0.05) is 12.1 Å². The van der Waals surface area contributed by atoms with Gasteiger partial charge < -0.3 is 5.32 Å². The molecule has 1 N–H and O–H groups in total. The molecule has 0 unspecified atom stereocenters. The predicted octanol–water partition coefficient (Wildman–Crippen LogP) is 4.26. The summed E-state index contributed by atoms with van der Waals surface area (Å²) in [6.45, 7) is 3.82. The molecule has 0 saturated heterocycles. The van der Waals surface area contributed by atoms with Crippen LogP contribution >= 0.6 is 11.6 Å². The Kier molecular flexibility index (Phi) is 4.34. The van der Waals surface area contributed by atoms with Gasteiger partial charge in [-0.25, -0.2) is 4.39 Å². The van der Waals surface area contributed by atoms with Gasteiger partial charge in [0.25, 0.3) is 0 Å². The Hall–Kier alpha value is -1.38. The van der Waals surface area contributed by atoms with Gasteiger partial charge in [-0.05, 0) is 41.9 Å². The van der Waals surface area contributed by atoms with Gasteiger partial charge in [0.1, 0.15) is 5.82 Å². The van der Waals surface area contributed by atoms with Crippen LogP contribution in [0.15, 0.2) is 42.5 Å². The number of hydrogen-bond donors (Lipinski definition) is 1. The summed E-state index contributed by atoms with van der Waals surface area (Å²) >= 11 is 6.07. The van der Waals surface area contributed by atoms with E-state index in [4.69, 9.17) is 11.6 Å². The topological polar surface area (TPSA) is 12.0 Å². The fourth-order valence-electron chi connectivity index (χ4n) is 1.84. The van der Waals surface area contributed by atoms with Crippen molar-refractivity contribution in [3.05, 3.63) is 58.9 Å². The first-order chi connectivity index (χ1) is 8.70. The third-order valence-electron chi connectivity index (χ3n) is 2.75. The molecule has 0 bridgehead atoms. The number of benzene rings is 2. The molecule has 2 aromatic rings. The van der Waals surface area contributed by atoms with Gasteiger partial charge in [0.05, 0.1) is 5.02 Å². The molecule has 0 fully saturated rings. The van der Waals surface area contributed by atoms with Crippen molar-refractivity contribution in [2.45, 2.75) is 13.5 Å². The Labute approximate surface area is 112 Å². The maximum Gasteiger partial charge on any atom is 0.124 e. The van der Waals surface area contributed by atoms with Crippen LogP contribution in [0.5, 0.6) is 0 Å². The van der Waals surface area contributed by atoms with Crippen molar-refractivity contribution in [2.24, 2.45) is 0 Å². The maximum atomic E-state index is 13.0. The molecule has 0 heterocycles. The molecule has 0 aromatic heterocycles. The Morgan fingerprint density at radius 1 is 1.17 bits per heavy atom. The van der Waals surface area contributed by atoms with Crippen molar-refractivity contribution < 1.29 is 4.39 Å². The van der Waals surface area contributed by atoms with Crippen LogP contribution in [-0.2, 0) is 6.54 Å². The quantitative estimate of drug-likeness (QED) is 0.869. The molecule has 0 aliphatic heterocycles. The normalized spacial score (nSPS) is 10.6. The Bertz CT molecular complexity index is 540. The second-order valence-corrected chi connectivity index (χ2v) is 4.51. The molecule has 0 spiro atoms. The summed E-state index contributed by atoms with van der Waals surface area (Å²) in [6.07, 6.45) is 0. The van der Waals surface area contributed by atoms with Crippen molar-refractivity contribution in [2.75, 3.05) is 6.54 Å². The minimum atomic E-state index is -0.312. The van der Waals surface area contributed by atoms with E-state index in [0.29, 0.717) is 5.02 Å². The van der Waals surface area contributed by atoms with E-state index >= 15 is 0 Å². The molecular weight excluding hydrogens is 249 g/mol. The molecule has 2 rings (SSSR count). The highest BCUT2D eigenvalue weighted by Gasteiger charge is 2.05. The first kappa shape index (κ1) is 13.1. The van der Waals surface area contributed by atoms with Gasteiger partial charge in [-0.2, -0.15) is 0 Å². The highest BCUT2D eigenvalue weighted by Crippen LogP contribution is 2.28. The molecule has 1 nitrogen and oxygen atoms in total. The third kappa shape index (κ3) is 3.09. The zero-order valence-electron chi connectivity index (χ0n) is 10.2. The minimum absolute atomic E-state index is 0.312. The summed E-state index contributed by atoms with van der Waals surface area (Å²) in [5.74, 6) is -0.312. The molecule has 0 aliphatic carbocycles. The fraction of sp³-hybridized carbons (Fsp3) is 0.200. The third-order valence-corrected chi connectivity index (χ3v) is 3.06. The minimum Gasteiger partial charge on any atom is -0.313 e. The summed E-state index contributed by atoms with van der Waals surface area (Å²) < 4.78 is 13.0. The lowest BCUT2D eigenvalue weighted by Gasteiger charge is -2.08. The highest BCUT2D eigenvalue weighted by atomic mass is 35.5. The van der Waals surface area contributed by atoms with E-state index in [2.05, 4.69) is 24.4 Å². The van der Waals surface area contributed by atoms with E-state index in [9.17, 15) is 4.39 Å². The number of halogens is 2. The van der Waals surface area contributed by atoms with E-state index < -0.39 is 0 Å². The summed E-state index contributed by atoms with van der Waals surface area (Å²) in [4.78, 5) is 0. The Balaban J connectivity index is 2.32. The fourth-order valence-corrected chi connectivity index (χ4v) is 2.12. The second kappa shape index (κ2) is 5.98. The van der Waals surface area contributed by atoms with Crippen LogP contribution in [0.2, 0.25) is 5.02 Å².